The summed E-state index contributed by atoms with van der Waals surface area (Å²) in [4.78, 5) is 3.49. The Kier molecular flexibility index (Phi) is 2.31. The van der Waals surface area contributed by atoms with E-state index in [4.69, 9.17) is 15.9 Å². The molecule has 1 rings (SSSR count). The lowest BCUT2D eigenvalue weighted by Crippen LogP contribution is -1.94. The number of halogens is 1. The minimum absolute atomic E-state index is 0.212. The normalized spacial score (nSPS) is 10.7. The van der Waals surface area contributed by atoms with E-state index in [0.29, 0.717) is 0 Å². The summed E-state index contributed by atoms with van der Waals surface area (Å²) in [7, 11) is 1.16. The third-order valence-electron chi connectivity index (χ3n) is 1.11. The smallest absolute Gasteiger partial charge is 0.243 e. The van der Waals surface area contributed by atoms with Crippen molar-refractivity contribution in [2.24, 2.45) is 0 Å². The van der Waals surface area contributed by atoms with Crippen LogP contribution in [0.3, 0.4) is 0 Å². The van der Waals surface area contributed by atoms with Gasteiger partial charge in [0.25, 0.3) is 9.05 Å². The van der Waals surface area contributed by atoms with Crippen LogP contribution in [0.1, 0.15) is 5.56 Å². The van der Waals surface area contributed by atoms with Crippen LogP contribution in [-0.4, -0.2) is 13.4 Å². The van der Waals surface area contributed by atoms with Crippen LogP contribution < -0.4 is 0 Å². The summed E-state index contributed by atoms with van der Waals surface area (Å²) in [6.07, 6.45) is 1.22. The molecule has 1 aromatic rings. The summed E-state index contributed by atoms with van der Waals surface area (Å²) in [6.45, 7) is 0. The second-order valence-corrected chi connectivity index (χ2v) is 4.45. The zero-order chi connectivity index (χ0) is 9.19. The second-order valence-electron chi connectivity index (χ2n) is 1.93. The van der Waals surface area contributed by atoms with E-state index >= 15 is 0 Å². The first-order valence-electron chi connectivity index (χ1n) is 2.85. The standard InChI is InChI=1S/C6H3ClN2O2S/c7-12(10,11)6-3-5(4-8)1-2-9-6/h1-3H. The lowest BCUT2D eigenvalue weighted by atomic mass is 10.3. The Hall–Kier alpha value is -1.12. The molecule has 0 saturated heterocycles. The molecule has 0 fully saturated rings. The molecule has 1 aromatic heterocycles. The van der Waals surface area contributed by atoms with Gasteiger partial charge in [-0.1, -0.05) is 0 Å². The molecule has 12 heavy (non-hydrogen) atoms. The van der Waals surface area contributed by atoms with E-state index in [1.54, 1.807) is 6.07 Å². The highest BCUT2D eigenvalue weighted by Crippen LogP contribution is 2.12. The van der Waals surface area contributed by atoms with Gasteiger partial charge >= 0.3 is 0 Å². The van der Waals surface area contributed by atoms with Crippen LogP contribution >= 0.6 is 10.7 Å². The molecule has 0 N–H and O–H groups in total. The van der Waals surface area contributed by atoms with Crippen LogP contribution in [0.4, 0.5) is 0 Å². The van der Waals surface area contributed by atoms with Crippen molar-refractivity contribution < 1.29 is 8.42 Å². The lowest BCUT2D eigenvalue weighted by molar-refractivity contribution is 0.606. The van der Waals surface area contributed by atoms with E-state index in [0.717, 1.165) is 6.07 Å². The molecule has 6 heteroatoms. The Balaban J connectivity index is 3.32. The molecule has 0 aromatic carbocycles. The maximum Gasteiger partial charge on any atom is 0.278 e. The van der Waals surface area contributed by atoms with Crippen LogP contribution in [0.2, 0.25) is 0 Å². The number of rotatable bonds is 1. The molecule has 0 saturated carbocycles. The van der Waals surface area contributed by atoms with Crippen LogP contribution in [0.5, 0.6) is 0 Å². The fraction of sp³-hybridized carbons (Fsp3) is 0. The number of hydrogen-bond donors (Lipinski definition) is 0. The van der Waals surface area contributed by atoms with Crippen molar-refractivity contribution >= 4 is 19.7 Å². The fourth-order valence-electron chi connectivity index (χ4n) is 0.612. The molecule has 1 heterocycles. The summed E-state index contributed by atoms with van der Waals surface area (Å²) >= 11 is 0. The van der Waals surface area contributed by atoms with Crippen molar-refractivity contribution in [1.82, 2.24) is 4.98 Å². The van der Waals surface area contributed by atoms with E-state index in [2.05, 4.69) is 4.98 Å². The van der Waals surface area contributed by atoms with Gasteiger partial charge in [-0.05, 0) is 12.1 Å². The number of hydrogen-bond acceptors (Lipinski definition) is 4. The minimum atomic E-state index is -3.83. The third kappa shape index (κ3) is 1.94. The predicted molar refractivity (Wildman–Crippen MR) is 42.0 cm³/mol. The maximum absolute atomic E-state index is 10.7. The van der Waals surface area contributed by atoms with E-state index in [1.165, 1.54) is 12.3 Å². The molecule has 0 aliphatic heterocycles. The topological polar surface area (TPSA) is 70.8 Å². The van der Waals surface area contributed by atoms with Crippen molar-refractivity contribution in [3.8, 4) is 6.07 Å². The summed E-state index contributed by atoms with van der Waals surface area (Å²) in [5.74, 6) is 0. The SMILES string of the molecule is N#Cc1ccnc(S(=O)(=O)Cl)c1. The Morgan fingerprint density at radius 2 is 2.25 bits per heavy atom. The Labute approximate surface area is 73.8 Å². The lowest BCUT2D eigenvalue weighted by Gasteiger charge is -1.93. The van der Waals surface area contributed by atoms with Crippen LogP contribution in [0.15, 0.2) is 23.4 Å². The van der Waals surface area contributed by atoms with Crippen LogP contribution in [0.25, 0.3) is 0 Å². The summed E-state index contributed by atoms with van der Waals surface area (Å²) in [5, 5.41) is 8.11. The van der Waals surface area contributed by atoms with E-state index < -0.39 is 9.05 Å². The average molecular weight is 203 g/mol. The third-order valence-corrected chi connectivity index (χ3v) is 2.31. The number of pyridine rings is 1. The van der Waals surface area contributed by atoms with Crippen molar-refractivity contribution in [2.45, 2.75) is 5.03 Å². The van der Waals surface area contributed by atoms with Gasteiger partial charge in [0.15, 0.2) is 5.03 Å². The quantitative estimate of drug-likeness (QED) is 0.634. The Morgan fingerprint density at radius 3 is 2.75 bits per heavy atom. The van der Waals surface area contributed by atoms with Gasteiger partial charge in [0.1, 0.15) is 0 Å². The molecule has 0 unspecified atom stereocenters. The highest BCUT2D eigenvalue weighted by atomic mass is 35.7. The van der Waals surface area contributed by atoms with E-state index in [9.17, 15) is 8.42 Å². The van der Waals surface area contributed by atoms with Gasteiger partial charge in [0.05, 0.1) is 11.6 Å². The summed E-state index contributed by atoms with van der Waals surface area (Å²) < 4.78 is 21.4. The number of nitriles is 1. The first kappa shape index (κ1) is 8.97. The molecule has 0 aliphatic carbocycles. The van der Waals surface area contributed by atoms with Crippen LogP contribution in [-0.2, 0) is 9.05 Å². The number of aromatic nitrogens is 1. The minimum Gasteiger partial charge on any atom is -0.243 e. The summed E-state index contributed by atoms with van der Waals surface area (Å²) in [6, 6.07) is 4.28. The van der Waals surface area contributed by atoms with Gasteiger partial charge in [-0.2, -0.15) is 5.26 Å². The molecular formula is C6H3ClN2O2S. The van der Waals surface area contributed by atoms with E-state index in [-0.39, 0.29) is 10.6 Å². The number of nitrogens with zero attached hydrogens (tertiary/aromatic N) is 2. The van der Waals surface area contributed by atoms with Gasteiger partial charge < -0.3 is 0 Å². The Bertz CT molecular complexity index is 435. The fourth-order valence-corrected chi connectivity index (χ4v) is 1.32. The van der Waals surface area contributed by atoms with Gasteiger partial charge in [-0.25, -0.2) is 13.4 Å². The monoisotopic (exact) mass is 202 g/mol. The van der Waals surface area contributed by atoms with Crippen molar-refractivity contribution in [3.63, 3.8) is 0 Å². The predicted octanol–water partition coefficient (Wildman–Crippen LogP) is 0.881. The molecule has 0 atom stereocenters. The highest BCUT2D eigenvalue weighted by molar-refractivity contribution is 8.13. The molecule has 62 valence electrons. The molecular weight excluding hydrogens is 200 g/mol. The van der Waals surface area contributed by atoms with Gasteiger partial charge in [-0.15, -0.1) is 0 Å². The molecule has 0 spiro atoms. The zero-order valence-corrected chi connectivity index (χ0v) is 7.30. The Morgan fingerprint density at radius 1 is 1.58 bits per heavy atom. The van der Waals surface area contributed by atoms with E-state index in [1.807, 2.05) is 0 Å². The second kappa shape index (κ2) is 3.09. The highest BCUT2D eigenvalue weighted by Gasteiger charge is 2.11. The van der Waals surface area contributed by atoms with Crippen molar-refractivity contribution in [2.75, 3.05) is 0 Å². The van der Waals surface area contributed by atoms with Crippen molar-refractivity contribution in [1.29, 1.82) is 5.26 Å². The van der Waals surface area contributed by atoms with Gasteiger partial charge in [0.2, 0.25) is 0 Å². The van der Waals surface area contributed by atoms with Gasteiger partial charge in [-0.3, -0.25) is 0 Å². The molecule has 0 bridgehead atoms. The largest absolute Gasteiger partial charge is 0.278 e. The molecule has 4 nitrogen and oxygen atoms in total. The van der Waals surface area contributed by atoms with Crippen molar-refractivity contribution in [3.05, 3.63) is 23.9 Å². The average Bonchev–Trinajstić information content (AvgIpc) is 2.03. The van der Waals surface area contributed by atoms with Gasteiger partial charge in [0, 0.05) is 16.9 Å². The first-order chi connectivity index (χ1) is 5.54. The molecule has 0 amide bonds. The molecule has 0 aliphatic rings. The van der Waals surface area contributed by atoms with Crippen LogP contribution in [0, 0.1) is 11.3 Å². The molecule has 0 radical (unpaired) electrons. The first-order valence-corrected chi connectivity index (χ1v) is 5.16. The zero-order valence-electron chi connectivity index (χ0n) is 5.73. The summed E-state index contributed by atoms with van der Waals surface area (Å²) in [5.41, 5.74) is 0.212. The maximum atomic E-state index is 10.7.